The van der Waals surface area contributed by atoms with Gasteiger partial charge in [0.1, 0.15) is 0 Å². The van der Waals surface area contributed by atoms with Crippen LogP contribution in [0.1, 0.15) is 24.6 Å². The van der Waals surface area contributed by atoms with Crippen molar-refractivity contribution in [2.75, 3.05) is 31.9 Å². The first-order valence-corrected chi connectivity index (χ1v) is 13.1. The number of rotatable bonds is 7. The summed E-state index contributed by atoms with van der Waals surface area (Å²) in [4.78, 5) is 38.7. The lowest BCUT2D eigenvalue weighted by atomic mass is 10.2. The zero-order chi connectivity index (χ0) is 23.5. The predicted octanol–water partition coefficient (Wildman–Crippen LogP) is 2.94. The van der Waals surface area contributed by atoms with E-state index in [1.807, 2.05) is 40.6 Å². The third-order valence-electron chi connectivity index (χ3n) is 5.88. The molecule has 1 amide bonds. The molecule has 9 nitrogen and oxygen atoms in total. The van der Waals surface area contributed by atoms with Gasteiger partial charge in [0, 0.05) is 55.1 Å². The molecule has 0 N–H and O–H groups in total. The Morgan fingerprint density at radius 3 is 2.76 bits per heavy atom. The number of hydrogen-bond acceptors (Lipinski definition) is 9. The molecule has 1 unspecified atom stereocenters. The number of piperazine rings is 1. The van der Waals surface area contributed by atoms with Gasteiger partial charge in [0.25, 0.3) is 5.56 Å². The zero-order valence-corrected chi connectivity index (χ0v) is 20.3. The molecule has 34 heavy (non-hydrogen) atoms. The van der Waals surface area contributed by atoms with Gasteiger partial charge in [-0.2, -0.15) is 4.98 Å². The van der Waals surface area contributed by atoms with E-state index in [1.54, 1.807) is 6.20 Å². The Kier molecular flexibility index (Phi) is 6.75. The second-order valence-electron chi connectivity index (χ2n) is 8.05. The Bertz CT molecular complexity index is 1330. The van der Waals surface area contributed by atoms with Crippen LogP contribution in [0, 0.1) is 0 Å². The standard InChI is InChI=1S/C23H24N6O3S2/c1-16(22-25-21(26-32-22)17-5-3-2-4-6-17)27-7-9-28(10-8-27)20(31)15-33-14-18-13-19(30)29-11-12-34-23(29)24-18/h2-6,11-13,16H,7-10,14-15H2,1H3. The number of benzene rings is 1. The Morgan fingerprint density at radius 1 is 1.18 bits per heavy atom. The van der Waals surface area contributed by atoms with E-state index in [4.69, 9.17) is 4.52 Å². The summed E-state index contributed by atoms with van der Waals surface area (Å²) < 4.78 is 7.05. The van der Waals surface area contributed by atoms with Crippen LogP contribution in [0.3, 0.4) is 0 Å². The van der Waals surface area contributed by atoms with E-state index in [-0.39, 0.29) is 17.5 Å². The Labute approximate surface area is 204 Å². The molecule has 1 aromatic carbocycles. The van der Waals surface area contributed by atoms with Crippen molar-refractivity contribution in [3.05, 3.63) is 69.9 Å². The van der Waals surface area contributed by atoms with Gasteiger partial charge in [0.2, 0.25) is 17.6 Å². The van der Waals surface area contributed by atoms with Crippen LogP contribution in [0.25, 0.3) is 16.3 Å². The minimum atomic E-state index is -0.0874. The minimum Gasteiger partial charge on any atom is -0.339 e. The third-order valence-corrected chi connectivity index (χ3v) is 7.59. The smallest absolute Gasteiger partial charge is 0.258 e. The van der Waals surface area contributed by atoms with E-state index in [0.29, 0.717) is 47.0 Å². The fraction of sp³-hybridized carbons (Fsp3) is 0.348. The van der Waals surface area contributed by atoms with Gasteiger partial charge >= 0.3 is 0 Å². The largest absolute Gasteiger partial charge is 0.339 e. The van der Waals surface area contributed by atoms with Crippen LogP contribution in [-0.2, 0) is 10.5 Å². The van der Waals surface area contributed by atoms with Crippen molar-refractivity contribution in [1.82, 2.24) is 29.3 Å². The molecule has 11 heteroatoms. The number of thiazole rings is 1. The van der Waals surface area contributed by atoms with Crippen molar-refractivity contribution in [2.24, 2.45) is 0 Å². The maximum atomic E-state index is 12.7. The first-order valence-electron chi connectivity index (χ1n) is 11.0. The molecule has 176 valence electrons. The topological polar surface area (TPSA) is 96.8 Å². The van der Waals surface area contributed by atoms with Gasteiger partial charge in [0.15, 0.2) is 4.96 Å². The molecule has 0 radical (unpaired) electrons. The van der Waals surface area contributed by atoms with Crippen LogP contribution in [0.2, 0.25) is 0 Å². The molecule has 1 atom stereocenters. The van der Waals surface area contributed by atoms with Crippen molar-refractivity contribution in [3.8, 4) is 11.4 Å². The van der Waals surface area contributed by atoms with E-state index < -0.39 is 0 Å². The molecule has 1 aliphatic rings. The summed E-state index contributed by atoms with van der Waals surface area (Å²) in [7, 11) is 0. The highest BCUT2D eigenvalue weighted by Gasteiger charge is 2.27. The van der Waals surface area contributed by atoms with Crippen LogP contribution in [-0.4, -0.2) is 67.2 Å². The predicted molar refractivity (Wildman–Crippen MR) is 132 cm³/mol. The SMILES string of the molecule is CC(c1nc(-c2ccccc2)no1)N1CCN(C(=O)CSCc2cc(=O)n3ccsc3n2)CC1. The fourth-order valence-corrected chi connectivity index (χ4v) is 5.48. The summed E-state index contributed by atoms with van der Waals surface area (Å²) >= 11 is 2.92. The summed E-state index contributed by atoms with van der Waals surface area (Å²) in [5, 5.41) is 5.96. The lowest BCUT2D eigenvalue weighted by Crippen LogP contribution is -2.49. The monoisotopic (exact) mass is 496 g/mol. The number of thioether (sulfide) groups is 1. The van der Waals surface area contributed by atoms with Gasteiger partial charge in [-0.1, -0.05) is 35.5 Å². The molecule has 4 heterocycles. The van der Waals surface area contributed by atoms with E-state index in [0.717, 1.165) is 18.7 Å². The lowest BCUT2D eigenvalue weighted by molar-refractivity contribution is -0.130. The second-order valence-corrected chi connectivity index (χ2v) is 9.91. The molecule has 1 saturated heterocycles. The average Bonchev–Trinajstić information content (AvgIpc) is 3.55. The molecule has 0 bridgehead atoms. The Hall–Kier alpha value is -3.02. The molecule has 1 aliphatic heterocycles. The quantitative estimate of drug-likeness (QED) is 0.385. The van der Waals surface area contributed by atoms with Gasteiger partial charge in [-0.3, -0.25) is 18.9 Å². The number of amides is 1. The van der Waals surface area contributed by atoms with E-state index >= 15 is 0 Å². The normalized spacial score (nSPS) is 15.6. The van der Waals surface area contributed by atoms with Crippen LogP contribution in [0.4, 0.5) is 0 Å². The maximum Gasteiger partial charge on any atom is 0.258 e. The van der Waals surface area contributed by atoms with Crippen LogP contribution in [0.5, 0.6) is 0 Å². The van der Waals surface area contributed by atoms with Gasteiger partial charge in [0.05, 0.1) is 17.5 Å². The Balaban J connectivity index is 1.10. The highest BCUT2D eigenvalue weighted by molar-refractivity contribution is 7.99. The number of hydrogen-bond donors (Lipinski definition) is 0. The molecule has 5 rings (SSSR count). The number of fused-ring (bicyclic) bond motifs is 1. The van der Waals surface area contributed by atoms with E-state index in [1.165, 1.54) is 33.6 Å². The number of nitrogens with zero attached hydrogens (tertiary/aromatic N) is 6. The summed E-state index contributed by atoms with van der Waals surface area (Å²) in [6.45, 7) is 4.85. The average molecular weight is 497 g/mol. The summed E-state index contributed by atoms with van der Waals surface area (Å²) in [6, 6.07) is 11.3. The molecule has 3 aromatic heterocycles. The van der Waals surface area contributed by atoms with Crippen molar-refractivity contribution in [1.29, 1.82) is 0 Å². The number of carbonyl (C=O) groups excluding carboxylic acids is 1. The summed E-state index contributed by atoms with van der Waals surface area (Å²) in [5.74, 6) is 2.18. The lowest BCUT2D eigenvalue weighted by Gasteiger charge is -2.36. The number of aromatic nitrogens is 4. The molecule has 0 saturated carbocycles. The highest BCUT2D eigenvalue weighted by atomic mass is 32.2. The van der Waals surface area contributed by atoms with Gasteiger partial charge < -0.3 is 9.42 Å². The van der Waals surface area contributed by atoms with E-state index in [9.17, 15) is 9.59 Å². The van der Waals surface area contributed by atoms with Gasteiger partial charge in [-0.15, -0.1) is 23.1 Å². The van der Waals surface area contributed by atoms with Crippen LogP contribution >= 0.6 is 23.1 Å². The van der Waals surface area contributed by atoms with Crippen molar-refractivity contribution in [2.45, 2.75) is 18.7 Å². The van der Waals surface area contributed by atoms with Crippen molar-refractivity contribution < 1.29 is 9.32 Å². The first kappa shape index (κ1) is 22.8. The molecular formula is C23H24N6O3S2. The van der Waals surface area contributed by atoms with Crippen LogP contribution < -0.4 is 5.56 Å². The van der Waals surface area contributed by atoms with Gasteiger partial charge in [-0.25, -0.2) is 4.98 Å². The highest BCUT2D eigenvalue weighted by Crippen LogP contribution is 2.23. The first-order chi connectivity index (χ1) is 16.6. The molecular weight excluding hydrogens is 472 g/mol. The second kappa shape index (κ2) is 10.1. The van der Waals surface area contributed by atoms with Crippen molar-refractivity contribution >= 4 is 34.0 Å². The number of carbonyl (C=O) groups is 1. The maximum absolute atomic E-state index is 12.7. The minimum absolute atomic E-state index is 0.0195. The molecule has 0 aliphatic carbocycles. The molecule has 1 fully saturated rings. The summed E-state index contributed by atoms with van der Waals surface area (Å²) in [6.07, 6.45) is 1.72. The molecule has 4 aromatic rings. The van der Waals surface area contributed by atoms with E-state index in [2.05, 4.69) is 26.9 Å². The zero-order valence-electron chi connectivity index (χ0n) is 18.7. The molecule has 0 spiro atoms. The summed E-state index contributed by atoms with van der Waals surface area (Å²) in [5.41, 5.74) is 1.54. The van der Waals surface area contributed by atoms with Crippen LogP contribution in [0.15, 0.2) is 57.3 Å². The fourth-order valence-electron chi connectivity index (χ4n) is 3.92. The van der Waals surface area contributed by atoms with Gasteiger partial charge in [-0.05, 0) is 6.92 Å². The van der Waals surface area contributed by atoms with Crippen molar-refractivity contribution in [3.63, 3.8) is 0 Å². The third kappa shape index (κ3) is 4.91. The Morgan fingerprint density at radius 2 is 1.97 bits per heavy atom.